The standard InChI is InChI=1S/C18H22FNO/c1-5-20-18(15-8-6-7-12(2)13(15)3)16-10-9-14(21-4)11-17(16)19/h6-11,18,20H,5H2,1-4H3. The number of nitrogens with one attached hydrogen (secondary N) is 1. The molecule has 0 aromatic heterocycles. The molecule has 1 N–H and O–H groups in total. The van der Waals surface area contributed by atoms with Gasteiger partial charge in [-0.2, -0.15) is 0 Å². The number of methoxy groups -OCH3 is 1. The van der Waals surface area contributed by atoms with E-state index in [9.17, 15) is 4.39 Å². The Hall–Kier alpha value is -1.87. The van der Waals surface area contributed by atoms with Crippen molar-refractivity contribution in [1.82, 2.24) is 5.32 Å². The zero-order valence-corrected chi connectivity index (χ0v) is 13.0. The van der Waals surface area contributed by atoms with Crippen LogP contribution in [0.25, 0.3) is 0 Å². The first-order chi connectivity index (χ1) is 10.1. The first-order valence-electron chi connectivity index (χ1n) is 7.21. The van der Waals surface area contributed by atoms with E-state index in [-0.39, 0.29) is 11.9 Å². The SMILES string of the molecule is CCNC(c1ccc(OC)cc1F)c1cccc(C)c1C. The molecule has 0 aliphatic heterocycles. The van der Waals surface area contributed by atoms with Gasteiger partial charge in [-0.05, 0) is 43.1 Å². The molecule has 21 heavy (non-hydrogen) atoms. The van der Waals surface area contributed by atoms with Gasteiger partial charge in [-0.1, -0.05) is 31.2 Å². The number of ether oxygens (including phenoxy) is 1. The van der Waals surface area contributed by atoms with Crippen LogP contribution in [-0.4, -0.2) is 13.7 Å². The third-order valence-electron chi connectivity index (χ3n) is 3.88. The molecule has 2 rings (SSSR count). The number of aryl methyl sites for hydroxylation is 1. The van der Waals surface area contributed by atoms with Gasteiger partial charge in [0, 0.05) is 11.6 Å². The van der Waals surface area contributed by atoms with Crippen LogP contribution in [0.15, 0.2) is 36.4 Å². The van der Waals surface area contributed by atoms with Crippen LogP contribution >= 0.6 is 0 Å². The molecule has 0 fully saturated rings. The molecule has 3 heteroatoms. The zero-order chi connectivity index (χ0) is 15.4. The van der Waals surface area contributed by atoms with E-state index < -0.39 is 0 Å². The Labute approximate surface area is 126 Å². The number of hydrogen-bond donors (Lipinski definition) is 1. The molecule has 0 radical (unpaired) electrons. The highest BCUT2D eigenvalue weighted by Crippen LogP contribution is 2.30. The molecular formula is C18H22FNO. The molecule has 0 heterocycles. The molecule has 0 spiro atoms. The highest BCUT2D eigenvalue weighted by molar-refractivity contribution is 5.42. The number of rotatable bonds is 5. The van der Waals surface area contributed by atoms with Crippen LogP contribution < -0.4 is 10.1 Å². The average molecular weight is 287 g/mol. The monoisotopic (exact) mass is 287 g/mol. The van der Waals surface area contributed by atoms with Crippen LogP contribution in [0.3, 0.4) is 0 Å². The summed E-state index contributed by atoms with van der Waals surface area (Å²) in [4.78, 5) is 0. The van der Waals surface area contributed by atoms with Gasteiger partial charge in [-0.25, -0.2) is 4.39 Å². The third kappa shape index (κ3) is 3.24. The summed E-state index contributed by atoms with van der Waals surface area (Å²) in [6.07, 6.45) is 0. The van der Waals surface area contributed by atoms with Gasteiger partial charge >= 0.3 is 0 Å². The van der Waals surface area contributed by atoms with Crippen molar-refractivity contribution in [2.75, 3.05) is 13.7 Å². The minimum Gasteiger partial charge on any atom is -0.497 e. The quantitative estimate of drug-likeness (QED) is 0.892. The van der Waals surface area contributed by atoms with Gasteiger partial charge in [0.05, 0.1) is 13.2 Å². The van der Waals surface area contributed by atoms with Crippen molar-refractivity contribution in [2.24, 2.45) is 0 Å². The van der Waals surface area contributed by atoms with E-state index in [1.807, 2.05) is 13.0 Å². The van der Waals surface area contributed by atoms with Crippen molar-refractivity contribution in [3.05, 3.63) is 64.5 Å². The maximum atomic E-state index is 14.4. The van der Waals surface area contributed by atoms with Crippen LogP contribution in [0.5, 0.6) is 5.75 Å². The molecule has 2 nitrogen and oxygen atoms in total. The van der Waals surface area contributed by atoms with Crippen molar-refractivity contribution in [2.45, 2.75) is 26.8 Å². The summed E-state index contributed by atoms with van der Waals surface area (Å²) in [5.74, 6) is 0.286. The lowest BCUT2D eigenvalue weighted by Crippen LogP contribution is -2.24. The first kappa shape index (κ1) is 15.5. The van der Waals surface area contributed by atoms with E-state index in [1.165, 1.54) is 17.2 Å². The van der Waals surface area contributed by atoms with E-state index in [0.29, 0.717) is 11.3 Å². The fourth-order valence-corrected chi connectivity index (χ4v) is 2.55. The average Bonchev–Trinajstić information content (AvgIpc) is 2.48. The highest BCUT2D eigenvalue weighted by atomic mass is 19.1. The number of benzene rings is 2. The first-order valence-corrected chi connectivity index (χ1v) is 7.21. The minimum absolute atomic E-state index is 0.152. The van der Waals surface area contributed by atoms with E-state index in [1.54, 1.807) is 19.2 Å². The van der Waals surface area contributed by atoms with Gasteiger partial charge in [0.2, 0.25) is 0 Å². The topological polar surface area (TPSA) is 21.3 Å². The van der Waals surface area contributed by atoms with Gasteiger partial charge in [-0.3, -0.25) is 0 Å². The smallest absolute Gasteiger partial charge is 0.132 e. The summed E-state index contributed by atoms with van der Waals surface area (Å²) in [6, 6.07) is 11.0. The Morgan fingerprint density at radius 1 is 1.14 bits per heavy atom. The normalized spacial score (nSPS) is 12.2. The second-order valence-electron chi connectivity index (χ2n) is 5.17. The van der Waals surface area contributed by atoms with Crippen LogP contribution in [0.2, 0.25) is 0 Å². The predicted molar refractivity (Wildman–Crippen MR) is 84.4 cm³/mol. The van der Waals surface area contributed by atoms with Crippen molar-refractivity contribution < 1.29 is 9.13 Å². The fraction of sp³-hybridized carbons (Fsp3) is 0.333. The Morgan fingerprint density at radius 2 is 1.90 bits per heavy atom. The molecule has 0 saturated carbocycles. The maximum absolute atomic E-state index is 14.4. The fourth-order valence-electron chi connectivity index (χ4n) is 2.55. The minimum atomic E-state index is -0.249. The van der Waals surface area contributed by atoms with Crippen molar-refractivity contribution >= 4 is 0 Å². The summed E-state index contributed by atoms with van der Waals surface area (Å²) >= 11 is 0. The second kappa shape index (κ2) is 6.72. The van der Waals surface area contributed by atoms with Crippen LogP contribution in [0, 0.1) is 19.7 Å². The van der Waals surface area contributed by atoms with Gasteiger partial charge in [-0.15, -0.1) is 0 Å². The molecule has 0 bridgehead atoms. The largest absolute Gasteiger partial charge is 0.497 e. The third-order valence-corrected chi connectivity index (χ3v) is 3.88. The maximum Gasteiger partial charge on any atom is 0.132 e. The predicted octanol–water partition coefficient (Wildman–Crippen LogP) is 4.15. The lowest BCUT2D eigenvalue weighted by molar-refractivity contribution is 0.410. The van der Waals surface area contributed by atoms with Gasteiger partial charge in [0.25, 0.3) is 0 Å². The van der Waals surface area contributed by atoms with Crippen LogP contribution in [0.1, 0.15) is 35.2 Å². The van der Waals surface area contributed by atoms with Gasteiger partial charge in [0.1, 0.15) is 11.6 Å². The summed E-state index contributed by atoms with van der Waals surface area (Å²) in [5, 5.41) is 3.38. The number of halogens is 1. The summed E-state index contributed by atoms with van der Waals surface area (Å²) < 4.78 is 19.5. The molecular weight excluding hydrogens is 265 g/mol. The molecule has 0 saturated heterocycles. The van der Waals surface area contributed by atoms with Crippen LogP contribution in [0.4, 0.5) is 4.39 Å². The molecule has 0 aliphatic rings. The molecule has 2 aromatic rings. The van der Waals surface area contributed by atoms with Gasteiger partial charge in [0.15, 0.2) is 0 Å². The highest BCUT2D eigenvalue weighted by Gasteiger charge is 2.19. The van der Waals surface area contributed by atoms with Crippen LogP contribution in [-0.2, 0) is 0 Å². The Balaban J connectivity index is 2.51. The summed E-state index contributed by atoms with van der Waals surface area (Å²) in [5.41, 5.74) is 4.16. The molecule has 0 amide bonds. The van der Waals surface area contributed by atoms with Crippen molar-refractivity contribution in [3.63, 3.8) is 0 Å². The Bertz CT molecular complexity index is 625. The van der Waals surface area contributed by atoms with Crippen molar-refractivity contribution in [1.29, 1.82) is 0 Å². The lowest BCUT2D eigenvalue weighted by atomic mass is 9.92. The lowest BCUT2D eigenvalue weighted by Gasteiger charge is -2.22. The molecule has 1 atom stereocenters. The molecule has 1 unspecified atom stereocenters. The molecule has 112 valence electrons. The summed E-state index contributed by atoms with van der Waals surface area (Å²) in [7, 11) is 1.54. The summed E-state index contributed by atoms with van der Waals surface area (Å²) in [6.45, 7) is 6.95. The second-order valence-corrected chi connectivity index (χ2v) is 5.17. The molecule has 0 aliphatic carbocycles. The Morgan fingerprint density at radius 3 is 2.52 bits per heavy atom. The van der Waals surface area contributed by atoms with E-state index in [4.69, 9.17) is 4.74 Å². The van der Waals surface area contributed by atoms with Gasteiger partial charge < -0.3 is 10.1 Å². The number of hydrogen-bond acceptors (Lipinski definition) is 2. The van der Waals surface area contributed by atoms with E-state index >= 15 is 0 Å². The van der Waals surface area contributed by atoms with E-state index in [2.05, 4.69) is 31.3 Å². The van der Waals surface area contributed by atoms with E-state index in [0.717, 1.165) is 12.1 Å². The Kier molecular flexibility index (Phi) is 4.97. The van der Waals surface area contributed by atoms with Crippen molar-refractivity contribution in [3.8, 4) is 5.75 Å². The molecule has 2 aromatic carbocycles. The zero-order valence-electron chi connectivity index (χ0n) is 13.0.